The van der Waals surface area contributed by atoms with Gasteiger partial charge in [-0.1, -0.05) is 73.8 Å². The van der Waals surface area contributed by atoms with E-state index in [1.165, 1.54) is 17.7 Å². The van der Waals surface area contributed by atoms with E-state index in [-0.39, 0.29) is 11.2 Å². The van der Waals surface area contributed by atoms with Gasteiger partial charge in [0.25, 0.3) is 0 Å². The van der Waals surface area contributed by atoms with Crippen molar-refractivity contribution in [3.8, 4) is 0 Å². The fraction of sp³-hybridized carbons (Fsp3) is 0.250. The first-order valence-electron chi connectivity index (χ1n) is 6.23. The maximum atomic E-state index is 13.5. The van der Waals surface area contributed by atoms with E-state index in [1.54, 1.807) is 6.07 Å². The molecule has 0 aliphatic rings. The highest BCUT2D eigenvalue weighted by Gasteiger charge is 2.31. The van der Waals surface area contributed by atoms with E-state index in [4.69, 9.17) is 11.6 Å². The van der Waals surface area contributed by atoms with Gasteiger partial charge < -0.3 is 0 Å². The van der Waals surface area contributed by atoms with Crippen LogP contribution in [-0.4, -0.2) is 10.7 Å². The summed E-state index contributed by atoms with van der Waals surface area (Å²) in [6.07, 6.45) is 0.671. The standard InChI is InChI=1S/C16H14Br2ClF/c17-10-16(11-18,13-4-2-1-3-5-13)9-12-8-14(20)6-7-15(12)19/h1-8H,9-11H2. The first kappa shape index (κ1) is 16.0. The minimum Gasteiger partial charge on any atom is -0.207 e. The van der Waals surface area contributed by atoms with Gasteiger partial charge in [-0.15, -0.1) is 0 Å². The molecule has 0 aliphatic heterocycles. The van der Waals surface area contributed by atoms with E-state index in [2.05, 4.69) is 44.0 Å². The predicted molar refractivity (Wildman–Crippen MR) is 90.8 cm³/mol. The third-order valence-electron chi connectivity index (χ3n) is 3.43. The molecule has 0 saturated heterocycles. The van der Waals surface area contributed by atoms with Crippen LogP contribution in [0, 0.1) is 5.82 Å². The van der Waals surface area contributed by atoms with Crippen LogP contribution in [0.1, 0.15) is 11.1 Å². The number of rotatable bonds is 5. The van der Waals surface area contributed by atoms with E-state index in [0.29, 0.717) is 11.4 Å². The van der Waals surface area contributed by atoms with Crippen molar-refractivity contribution in [3.05, 3.63) is 70.5 Å². The first-order chi connectivity index (χ1) is 9.61. The molecule has 0 atom stereocenters. The average Bonchev–Trinajstić information content (AvgIpc) is 2.49. The predicted octanol–water partition coefficient (Wildman–Crippen LogP) is 5.75. The average molecular weight is 421 g/mol. The summed E-state index contributed by atoms with van der Waals surface area (Å²) in [5, 5.41) is 2.14. The summed E-state index contributed by atoms with van der Waals surface area (Å²) in [6, 6.07) is 14.7. The summed E-state index contributed by atoms with van der Waals surface area (Å²) < 4.78 is 13.5. The van der Waals surface area contributed by atoms with Crippen LogP contribution < -0.4 is 0 Å². The molecule has 0 radical (unpaired) electrons. The quantitative estimate of drug-likeness (QED) is 0.541. The molecule has 0 bridgehead atoms. The van der Waals surface area contributed by atoms with Gasteiger partial charge in [-0.3, -0.25) is 0 Å². The van der Waals surface area contributed by atoms with Gasteiger partial charge in [0.2, 0.25) is 0 Å². The van der Waals surface area contributed by atoms with Crippen LogP contribution in [0.25, 0.3) is 0 Å². The molecule has 0 fully saturated rings. The highest BCUT2D eigenvalue weighted by molar-refractivity contribution is 9.09. The van der Waals surface area contributed by atoms with Gasteiger partial charge >= 0.3 is 0 Å². The summed E-state index contributed by atoms with van der Waals surface area (Å²) >= 11 is 13.4. The van der Waals surface area contributed by atoms with Gasteiger partial charge in [0.15, 0.2) is 0 Å². The van der Waals surface area contributed by atoms with Crippen LogP contribution in [0.3, 0.4) is 0 Å². The number of halogens is 4. The normalized spacial score (nSPS) is 11.6. The highest BCUT2D eigenvalue weighted by Crippen LogP contribution is 2.34. The van der Waals surface area contributed by atoms with Crippen molar-refractivity contribution in [2.75, 3.05) is 10.7 Å². The van der Waals surface area contributed by atoms with Crippen molar-refractivity contribution in [1.82, 2.24) is 0 Å². The molecule has 0 aliphatic carbocycles. The second-order valence-corrected chi connectivity index (χ2v) is 6.35. The molecule has 2 aromatic carbocycles. The van der Waals surface area contributed by atoms with Crippen molar-refractivity contribution in [2.24, 2.45) is 0 Å². The molecule has 2 rings (SSSR count). The molecule has 0 spiro atoms. The smallest absolute Gasteiger partial charge is 0.123 e. The molecule has 106 valence electrons. The maximum Gasteiger partial charge on any atom is 0.123 e. The second-order valence-electron chi connectivity index (χ2n) is 4.83. The van der Waals surface area contributed by atoms with Crippen LogP contribution in [0.4, 0.5) is 4.39 Å². The van der Waals surface area contributed by atoms with Gasteiger partial charge in [-0.05, 0) is 35.7 Å². The SMILES string of the molecule is Fc1ccc(Cl)c(CC(CBr)(CBr)c2ccccc2)c1. The summed E-state index contributed by atoms with van der Waals surface area (Å²) in [4.78, 5) is 0. The van der Waals surface area contributed by atoms with E-state index in [1.807, 2.05) is 18.2 Å². The maximum absolute atomic E-state index is 13.5. The molecule has 0 amide bonds. The molecule has 0 nitrogen and oxygen atoms in total. The lowest BCUT2D eigenvalue weighted by Crippen LogP contribution is -2.33. The van der Waals surface area contributed by atoms with Gasteiger partial charge in [0, 0.05) is 21.1 Å². The summed E-state index contributed by atoms with van der Waals surface area (Å²) in [6.45, 7) is 0. The number of benzene rings is 2. The van der Waals surface area contributed by atoms with E-state index in [9.17, 15) is 4.39 Å². The minimum absolute atomic E-state index is 0.154. The van der Waals surface area contributed by atoms with Crippen molar-refractivity contribution in [1.29, 1.82) is 0 Å². The Labute approximate surface area is 140 Å². The minimum atomic E-state index is -0.254. The topological polar surface area (TPSA) is 0 Å². The molecule has 0 N–H and O–H groups in total. The lowest BCUT2D eigenvalue weighted by atomic mass is 9.79. The van der Waals surface area contributed by atoms with Crippen LogP contribution >= 0.6 is 43.5 Å². The Kier molecular flexibility index (Phi) is 5.65. The third kappa shape index (κ3) is 3.44. The van der Waals surface area contributed by atoms with Gasteiger partial charge in [0.1, 0.15) is 5.82 Å². The van der Waals surface area contributed by atoms with Crippen molar-refractivity contribution in [2.45, 2.75) is 11.8 Å². The largest absolute Gasteiger partial charge is 0.207 e. The van der Waals surface area contributed by atoms with Crippen molar-refractivity contribution < 1.29 is 4.39 Å². The Balaban J connectivity index is 2.42. The van der Waals surface area contributed by atoms with Crippen LogP contribution in [0.2, 0.25) is 5.02 Å². The molecule has 2 aromatic rings. The Morgan fingerprint density at radius 1 is 1.00 bits per heavy atom. The number of alkyl halides is 2. The lowest BCUT2D eigenvalue weighted by molar-refractivity contribution is 0.547. The van der Waals surface area contributed by atoms with Crippen LogP contribution in [-0.2, 0) is 11.8 Å². The van der Waals surface area contributed by atoms with Gasteiger partial charge in [-0.2, -0.15) is 0 Å². The van der Waals surface area contributed by atoms with E-state index >= 15 is 0 Å². The molecule has 20 heavy (non-hydrogen) atoms. The monoisotopic (exact) mass is 418 g/mol. The number of hydrogen-bond donors (Lipinski definition) is 0. The highest BCUT2D eigenvalue weighted by atomic mass is 79.9. The van der Waals surface area contributed by atoms with E-state index < -0.39 is 0 Å². The first-order valence-corrected chi connectivity index (χ1v) is 8.85. The van der Waals surface area contributed by atoms with Gasteiger partial charge in [-0.25, -0.2) is 4.39 Å². The fourth-order valence-corrected chi connectivity index (χ4v) is 4.38. The van der Waals surface area contributed by atoms with Crippen LogP contribution in [0.15, 0.2) is 48.5 Å². The molecule has 0 unspecified atom stereocenters. The number of hydrogen-bond acceptors (Lipinski definition) is 0. The lowest BCUT2D eigenvalue weighted by Gasteiger charge is -2.31. The Morgan fingerprint density at radius 3 is 2.25 bits per heavy atom. The Morgan fingerprint density at radius 2 is 1.65 bits per heavy atom. The van der Waals surface area contributed by atoms with Crippen molar-refractivity contribution >= 4 is 43.5 Å². The molecule has 0 heterocycles. The zero-order valence-electron chi connectivity index (χ0n) is 10.8. The van der Waals surface area contributed by atoms with Crippen LogP contribution in [0.5, 0.6) is 0 Å². The molecule has 0 saturated carbocycles. The summed E-state index contributed by atoms with van der Waals surface area (Å²) in [5.74, 6) is -0.254. The fourth-order valence-electron chi connectivity index (χ4n) is 2.22. The third-order valence-corrected chi connectivity index (χ3v) is 5.95. The zero-order valence-corrected chi connectivity index (χ0v) is 14.7. The zero-order chi connectivity index (χ0) is 14.6. The summed E-state index contributed by atoms with van der Waals surface area (Å²) in [5.41, 5.74) is 1.88. The summed E-state index contributed by atoms with van der Waals surface area (Å²) in [7, 11) is 0. The molecular weight excluding hydrogens is 406 g/mol. The Bertz CT molecular complexity index is 568. The Hall–Kier alpha value is -0.380. The molecular formula is C16H14Br2ClF. The molecule has 4 heteroatoms. The van der Waals surface area contributed by atoms with E-state index in [0.717, 1.165) is 16.2 Å². The molecule has 0 aromatic heterocycles. The van der Waals surface area contributed by atoms with Crippen molar-refractivity contribution in [3.63, 3.8) is 0 Å². The second kappa shape index (κ2) is 7.06. The van der Waals surface area contributed by atoms with Gasteiger partial charge in [0.05, 0.1) is 0 Å².